The zero-order valence-corrected chi connectivity index (χ0v) is 10.5. The number of ether oxygens (including phenoxy) is 1. The molecule has 17 heavy (non-hydrogen) atoms. The Morgan fingerprint density at radius 1 is 1.29 bits per heavy atom. The van der Waals surface area contributed by atoms with Gasteiger partial charge in [0, 0.05) is 28.1 Å². The lowest BCUT2D eigenvalue weighted by Crippen LogP contribution is -2.14. The highest BCUT2D eigenvalue weighted by atomic mass is 35.5. The standard InChI is InChI=1S/C12H10Cl2N2O/c13-6-3-7-11(15)8-5-17-2-1-10(8)16-12(7)9(14)4-6/h3-4H,1-2,5H2,(H2,15,16). The molecule has 88 valence electrons. The van der Waals surface area contributed by atoms with E-state index in [0.717, 1.165) is 23.1 Å². The second kappa shape index (κ2) is 4.02. The molecule has 0 radical (unpaired) electrons. The Kier molecular flexibility index (Phi) is 2.62. The normalized spacial score (nSPS) is 14.9. The molecule has 0 saturated heterocycles. The van der Waals surface area contributed by atoms with Crippen LogP contribution in [0.2, 0.25) is 10.0 Å². The molecule has 1 aliphatic rings. The number of rotatable bonds is 0. The molecule has 3 rings (SSSR count). The highest BCUT2D eigenvalue weighted by Crippen LogP contribution is 2.34. The maximum atomic E-state index is 6.14. The van der Waals surface area contributed by atoms with Crippen LogP contribution in [-0.4, -0.2) is 11.6 Å². The van der Waals surface area contributed by atoms with Crippen molar-refractivity contribution < 1.29 is 4.74 Å². The van der Waals surface area contributed by atoms with Crippen LogP contribution >= 0.6 is 23.2 Å². The maximum absolute atomic E-state index is 6.14. The van der Waals surface area contributed by atoms with Gasteiger partial charge in [0.05, 0.1) is 29.4 Å². The van der Waals surface area contributed by atoms with Gasteiger partial charge in [-0.2, -0.15) is 0 Å². The number of fused-ring (bicyclic) bond motifs is 2. The predicted molar refractivity (Wildman–Crippen MR) is 69.5 cm³/mol. The molecular formula is C12H10Cl2N2O. The summed E-state index contributed by atoms with van der Waals surface area (Å²) in [6, 6.07) is 3.48. The number of hydrogen-bond acceptors (Lipinski definition) is 3. The Hall–Kier alpha value is -1.03. The monoisotopic (exact) mass is 268 g/mol. The topological polar surface area (TPSA) is 48.1 Å². The zero-order chi connectivity index (χ0) is 12.0. The number of nitrogen functional groups attached to an aromatic ring is 1. The van der Waals surface area contributed by atoms with Crippen molar-refractivity contribution in [3.05, 3.63) is 33.4 Å². The first-order valence-corrected chi connectivity index (χ1v) is 6.06. The minimum atomic E-state index is 0.508. The number of nitrogens with zero attached hydrogens (tertiary/aromatic N) is 1. The molecule has 0 unspecified atom stereocenters. The fourth-order valence-electron chi connectivity index (χ4n) is 2.12. The Bertz CT molecular complexity index is 613. The van der Waals surface area contributed by atoms with Gasteiger partial charge in [-0.25, -0.2) is 0 Å². The molecule has 0 bridgehead atoms. The molecule has 0 aliphatic carbocycles. The van der Waals surface area contributed by atoms with Crippen molar-refractivity contribution in [2.24, 2.45) is 0 Å². The molecule has 2 heterocycles. The summed E-state index contributed by atoms with van der Waals surface area (Å²) in [5.74, 6) is 0. The molecule has 0 atom stereocenters. The van der Waals surface area contributed by atoms with Crippen LogP contribution in [0.25, 0.3) is 10.9 Å². The number of halogens is 2. The fourth-order valence-corrected chi connectivity index (χ4v) is 2.65. The van der Waals surface area contributed by atoms with Crippen LogP contribution in [-0.2, 0) is 17.8 Å². The van der Waals surface area contributed by atoms with Gasteiger partial charge in [0.2, 0.25) is 0 Å². The van der Waals surface area contributed by atoms with Crippen molar-refractivity contribution in [1.82, 2.24) is 4.98 Å². The van der Waals surface area contributed by atoms with Gasteiger partial charge in [-0.05, 0) is 12.1 Å². The van der Waals surface area contributed by atoms with Gasteiger partial charge >= 0.3 is 0 Å². The van der Waals surface area contributed by atoms with Crippen molar-refractivity contribution >= 4 is 39.8 Å². The lowest BCUT2D eigenvalue weighted by Gasteiger charge is -2.19. The van der Waals surface area contributed by atoms with Gasteiger partial charge in [-0.1, -0.05) is 23.2 Å². The third-order valence-corrected chi connectivity index (χ3v) is 3.47. The van der Waals surface area contributed by atoms with Crippen molar-refractivity contribution in [3.63, 3.8) is 0 Å². The van der Waals surface area contributed by atoms with Gasteiger partial charge < -0.3 is 10.5 Å². The molecule has 1 aliphatic heterocycles. The summed E-state index contributed by atoms with van der Waals surface area (Å²) in [5.41, 5.74) is 9.47. The second-order valence-corrected chi connectivity index (χ2v) is 4.88. The summed E-state index contributed by atoms with van der Waals surface area (Å²) >= 11 is 12.1. The molecule has 2 N–H and O–H groups in total. The summed E-state index contributed by atoms with van der Waals surface area (Å²) in [6.07, 6.45) is 0.772. The Labute approximate surface area is 108 Å². The first kappa shape index (κ1) is 11.1. The summed E-state index contributed by atoms with van der Waals surface area (Å²) in [4.78, 5) is 4.57. The van der Waals surface area contributed by atoms with Crippen LogP contribution < -0.4 is 5.73 Å². The van der Waals surface area contributed by atoms with Gasteiger partial charge in [0.1, 0.15) is 0 Å². The van der Waals surface area contributed by atoms with E-state index in [0.29, 0.717) is 34.5 Å². The van der Waals surface area contributed by atoms with E-state index in [2.05, 4.69) is 4.98 Å². The maximum Gasteiger partial charge on any atom is 0.0913 e. The molecule has 2 aromatic rings. The molecule has 0 amide bonds. The van der Waals surface area contributed by atoms with Gasteiger partial charge in [0.15, 0.2) is 0 Å². The Morgan fingerprint density at radius 3 is 2.94 bits per heavy atom. The summed E-state index contributed by atoms with van der Waals surface area (Å²) in [7, 11) is 0. The van der Waals surface area contributed by atoms with E-state index in [1.165, 1.54) is 0 Å². The average Bonchev–Trinajstić information content (AvgIpc) is 2.31. The van der Waals surface area contributed by atoms with Gasteiger partial charge in [-0.15, -0.1) is 0 Å². The SMILES string of the molecule is Nc1c2c(nc3c(Cl)cc(Cl)cc13)CCOC2. The van der Waals surface area contributed by atoms with Crippen molar-refractivity contribution in [2.75, 3.05) is 12.3 Å². The van der Waals surface area contributed by atoms with E-state index < -0.39 is 0 Å². The van der Waals surface area contributed by atoms with Crippen molar-refractivity contribution in [3.8, 4) is 0 Å². The Morgan fingerprint density at radius 2 is 2.12 bits per heavy atom. The number of benzene rings is 1. The molecule has 3 nitrogen and oxygen atoms in total. The number of pyridine rings is 1. The highest BCUT2D eigenvalue weighted by Gasteiger charge is 2.18. The lowest BCUT2D eigenvalue weighted by atomic mass is 10.0. The molecule has 0 saturated carbocycles. The molecule has 5 heteroatoms. The van der Waals surface area contributed by atoms with Crippen LogP contribution in [0.4, 0.5) is 5.69 Å². The van der Waals surface area contributed by atoms with E-state index in [1.54, 1.807) is 12.1 Å². The number of aromatic nitrogens is 1. The molecular weight excluding hydrogens is 259 g/mol. The van der Waals surface area contributed by atoms with Crippen molar-refractivity contribution in [2.45, 2.75) is 13.0 Å². The van der Waals surface area contributed by atoms with Crippen molar-refractivity contribution in [1.29, 1.82) is 0 Å². The molecule has 0 fully saturated rings. The second-order valence-electron chi connectivity index (χ2n) is 4.04. The van der Waals surface area contributed by atoms with E-state index >= 15 is 0 Å². The smallest absolute Gasteiger partial charge is 0.0913 e. The van der Waals surface area contributed by atoms with Crippen LogP contribution in [0, 0.1) is 0 Å². The predicted octanol–water partition coefficient (Wildman–Crippen LogP) is 3.20. The largest absolute Gasteiger partial charge is 0.398 e. The Balaban J connectivity index is 2.40. The van der Waals surface area contributed by atoms with Crippen LogP contribution in [0.15, 0.2) is 12.1 Å². The van der Waals surface area contributed by atoms with Gasteiger partial charge in [0.25, 0.3) is 0 Å². The number of nitrogens with two attached hydrogens (primary N) is 1. The number of hydrogen-bond donors (Lipinski definition) is 1. The summed E-state index contributed by atoms with van der Waals surface area (Å²) in [6.45, 7) is 1.18. The minimum Gasteiger partial charge on any atom is -0.398 e. The third-order valence-electron chi connectivity index (χ3n) is 2.97. The molecule has 0 spiro atoms. The fraction of sp³-hybridized carbons (Fsp3) is 0.250. The zero-order valence-electron chi connectivity index (χ0n) is 8.96. The van der Waals surface area contributed by atoms with Crippen LogP contribution in [0.3, 0.4) is 0 Å². The molecule has 1 aromatic carbocycles. The highest BCUT2D eigenvalue weighted by molar-refractivity contribution is 6.38. The first-order chi connectivity index (χ1) is 8.16. The van der Waals surface area contributed by atoms with E-state index in [9.17, 15) is 0 Å². The first-order valence-electron chi connectivity index (χ1n) is 5.30. The number of anilines is 1. The van der Waals surface area contributed by atoms with Gasteiger partial charge in [-0.3, -0.25) is 4.98 Å². The summed E-state index contributed by atoms with van der Waals surface area (Å²) < 4.78 is 5.40. The average molecular weight is 269 g/mol. The van der Waals surface area contributed by atoms with Crippen LogP contribution in [0.1, 0.15) is 11.3 Å². The molecule has 1 aromatic heterocycles. The summed E-state index contributed by atoms with van der Waals surface area (Å²) in [5, 5.41) is 1.90. The van der Waals surface area contributed by atoms with E-state index in [-0.39, 0.29) is 0 Å². The van der Waals surface area contributed by atoms with Crippen LogP contribution in [0.5, 0.6) is 0 Å². The quantitative estimate of drug-likeness (QED) is 0.798. The third kappa shape index (κ3) is 1.75. The minimum absolute atomic E-state index is 0.508. The van der Waals surface area contributed by atoms with E-state index in [1.807, 2.05) is 0 Å². The van der Waals surface area contributed by atoms with E-state index in [4.69, 9.17) is 33.7 Å². The lowest BCUT2D eigenvalue weighted by molar-refractivity contribution is 0.110.